The van der Waals surface area contributed by atoms with E-state index < -0.39 is 0 Å². The predicted molar refractivity (Wildman–Crippen MR) is 60.5 cm³/mol. The van der Waals surface area contributed by atoms with Crippen LogP contribution in [0.1, 0.15) is 26.2 Å². The van der Waals surface area contributed by atoms with E-state index in [0.717, 1.165) is 19.2 Å². The number of carbonyl (C=O) groups is 2. The molecule has 1 saturated heterocycles. The van der Waals surface area contributed by atoms with Gasteiger partial charge in [0.15, 0.2) is 0 Å². The van der Waals surface area contributed by atoms with Crippen molar-refractivity contribution < 1.29 is 14.3 Å². The molecule has 1 unspecified atom stereocenters. The van der Waals surface area contributed by atoms with Crippen molar-refractivity contribution in [2.45, 2.75) is 32.2 Å². The maximum atomic E-state index is 11.4. The van der Waals surface area contributed by atoms with Gasteiger partial charge >= 0.3 is 5.97 Å². The van der Waals surface area contributed by atoms with Crippen molar-refractivity contribution >= 4 is 11.9 Å². The van der Waals surface area contributed by atoms with Gasteiger partial charge in [0.1, 0.15) is 0 Å². The molecular formula is C12H17NO3. The van der Waals surface area contributed by atoms with Crippen molar-refractivity contribution in [3.8, 4) is 0 Å². The summed E-state index contributed by atoms with van der Waals surface area (Å²) in [6, 6.07) is 0.0477. The molecular weight excluding hydrogens is 206 g/mol. The highest BCUT2D eigenvalue weighted by Gasteiger charge is 2.23. The molecule has 0 aromatic heterocycles. The van der Waals surface area contributed by atoms with Gasteiger partial charge < -0.3 is 9.64 Å². The molecule has 0 aromatic carbocycles. The first kappa shape index (κ1) is 12.5. The van der Waals surface area contributed by atoms with E-state index in [4.69, 9.17) is 0 Å². The van der Waals surface area contributed by atoms with Crippen molar-refractivity contribution in [1.29, 1.82) is 0 Å². The van der Waals surface area contributed by atoms with E-state index in [-0.39, 0.29) is 24.3 Å². The number of hydrogen-bond acceptors (Lipinski definition) is 3. The first-order valence-corrected chi connectivity index (χ1v) is 5.41. The third-order valence-electron chi connectivity index (χ3n) is 2.52. The van der Waals surface area contributed by atoms with Crippen LogP contribution in [-0.4, -0.2) is 29.4 Å². The zero-order valence-corrected chi connectivity index (χ0v) is 9.52. The number of rotatable bonds is 5. The van der Waals surface area contributed by atoms with E-state index in [1.54, 1.807) is 6.08 Å². The largest absolute Gasteiger partial charge is 0.435 e. The van der Waals surface area contributed by atoms with Gasteiger partial charge in [-0.15, -0.1) is 0 Å². The summed E-state index contributed by atoms with van der Waals surface area (Å²) in [6.45, 7) is 6.05. The summed E-state index contributed by atoms with van der Waals surface area (Å²) < 4.78 is 4.56. The van der Waals surface area contributed by atoms with E-state index >= 15 is 0 Å². The third kappa shape index (κ3) is 3.53. The van der Waals surface area contributed by atoms with Gasteiger partial charge in [0, 0.05) is 19.0 Å². The minimum atomic E-state index is -0.341. The average Bonchev–Trinajstić information content (AvgIpc) is 2.64. The quantitative estimate of drug-likeness (QED) is 0.404. The second-order valence-electron chi connectivity index (χ2n) is 3.72. The van der Waals surface area contributed by atoms with Gasteiger partial charge in [-0.2, -0.15) is 0 Å². The maximum absolute atomic E-state index is 11.4. The normalized spacial score (nSPS) is 17.8. The molecule has 0 aromatic rings. The minimum Gasteiger partial charge on any atom is -0.435 e. The van der Waals surface area contributed by atoms with Gasteiger partial charge in [-0.1, -0.05) is 18.7 Å². The molecule has 0 radical (unpaired) electrons. The van der Waals surface area contributed by atoms with Gasteiger partial charge in [-0.05, 0) is 13.3 Å². The smallest absolute Gasteiger partial charge is 0.314 e. The van der Waals surface area contributed by atoms with Gasteiger partial charge in [0.25, 0.3) is 0 Å². The molecule has 1 fully saturated rings. The van der Waals surface area contributed by atoms with Crippen LogP contribution in [0.2, 0.25) is 0 Å². The van der Waals surface area contributed by atoms with E-state index in [9.17, 15) is 9.59 Å². The van der Waals surface area contributed by atoms with Crippen LogP contribution in [0.5, 0.6) is 0 Å². The summed E-state index contributed by atoms with van der Waals surface area (Å²) >= 11 is 0. The molecule has 0 N–H and O–H groups in total. The second kappa shape index (κ2) is 6.10. The number of carbonyl (C=O) groups excluding carboxylic acids is 2. The fourth-order valence-corrected chi connectivity index (χ4v) is 1.71. The molecule has 0 saturated carbocycles. The lowest BCUT2D eigenvalue weighted by atomic mass is 10.2. The zero-order valence-electron chi connectivity index (χ0n) is 9.52. The minimum absolute atomic E-state index is 0.0477. The van der Waals surface area contributed by atoms with Crippen LogP contribution in [0, 0.1) is 0 Å². The van der Waals surface area contributed by atoms with Crippen LogP contribution in [0.3, 0.4) is 0 Å². The van der Waals surface area contributed by atoms with Crippen molar-refractivity contribution in [3.63, 3.8) is 0 Å². The number of likely N-dealkylation sites (tertiary alicyclic amines) is 1. The maximum Gasteiger partial charge on any atom is 0.314 e. The molecule has 0 spiro atoms. The van der Waals surface area contributed by atoms with Crippen LogP contribution >= 0.6 is 0 Å². The standard InChI is InChI=1S/C12H17NO3/c1-3-16-12(15)8-4-6-10(2)13-9-5-7-11(13)14/h3-4,6,10H,1,5,7-9H2,2H3. The summed E-state index contributed by atoms with van der Waals surface area (Å²) in [5.41, 5.74) is 0. The van der Waals surface area contributed by atoms with Crippen LogP contribution in [-0.2, 0) is 14.3 Å². The Balaban J connectivity index is 2.35. The monoisotopic (exact) mass is 223 g/mol. The lowest BCUT2D eigenvalue weighted by Crippen LogP contribution is -2.32. The lowest BCUT2D eigenvalue weighted by Gasteiger charge is -2.20. The van der Waals surface area contributed by atoms with E-state index in [1.165, 1.54) is 0 Å². The topological polar surface area (TPSA) is 46.6 Å². The van der Waals surface area contributed by atoms with Crippen molar-refractivity contribution in [3.05, 3.63) is 25.0 Å². The van der Waals surface area contributed by atoms with Crippen molar-refractivity contribution in [2.24, 2.45) is 0 Å². The molecule has 1 amide bonds. The number of esters is 1. The Bertz CT molecular complexity index is 309. The average molecular weight is 223 g/mol. The SMILES string of the molecule is C=COC(=O)CC=CC(C)N1CCCC1=O. The molecule has 1 aliphatic heterocycles. The molecule has 1 aliphatic rings. The summed E-state index contributed by atoms with van der Waals surface area (Å²) in [7, 11) is 0. The third-order valence-corrected chi connectivity index (χ3v) is 2.52. The summed E-state index contributed by atoms with van der Waals surface area (Å²) in [5.74, 6) is -0.156. The Labute approximate surface area is 95.6 Å². The fourth-order valence-electron chi connectivity index (χ4n) is 1.71. The molecule has 4 nitrogen and oxygen atoms in total. The first-order chi connectivity index (χ1) is 7.65. The molecule has 16 heavy (non-hydrogen) atoms. The van der Waals surface area contributed by atoms with Crippen molar-refractivity contribution in [2.75, 3.05) is 6.54 Å². The highest BCUT2D eigenvalue weighted by Crippen LogP contribution is 2.14. The molecule has 1 atom stereocenters. The van der Waals surface area contributed by atoms with Crippen LogP contribution in [0.15, 0.2) is 25.0 Å². The summed E-state index contributed by atoms with van der Waals surface area (Å²) in [6.07, 6.45) is 6.46. The van der Waals surface area contributed by atoms with E-state index in [2.05, 4.69) is 11.3 Å². The van der Waals surface area contributed by atoms with Gasteiger partial charge in [0.05, 0.1) is 12.7 Å². The Kier molecular flexibility index (Phi) is 4.76. The molecule has 0 bridgehead atoms. The first-order valence-electron chi connectivity index (χ1n) is 5.41. The summed E-state index contributed by atoms with van der Waals surface area (Å²) in [5, 5.41) is 0. The van der Waals surface area contributed by atoms with Gasteiger partial charge in [-0.3, -0.25) is 9.59 Å². The summed E-state index contributed by atoms with van der Waals surface area (Å²) in [4.78, 5) is 24.2. The number of nitrogens with zero attached hydrogens (tertiary/aromatic N) is 1. The molecule has 0 aliphatic carbocycles. The van der Waals surface area contributed by atoms with E-state index in [0.29, 0.717) is 6.42 Å². The van der Waals surface area contributed by atoms with Gasteiger partial charge in [0.2, 0.25) is 5.91 Å². The highest BCUT2D eigenvalue weighted by molar-refractivity contribution is 5.78. The fraction of sp³-hybridized carbons (Fsp3) is 0.500. The number of ether oxygens (including phenoxy) is 1. The van der Waals surface area contributed by atoms with Crippen LogP contribution < -0.4 is 0 Å². The predicted octanol–water partition coefficient (Wildman–Crippen LogP) is 1.63. The molecule has 88 valence electrons. The molecule has 4 heteroatoms. The van der Waals surface area contributed by atoms with E-state index in [1.807, 2.05) is 17.9 Å². The van der Waals surface area contributed by atoms with Crippen molar-refractivity contribution in [1.82, 2.24) is 4.90 Å². The van der Waals surface area contributed by atoms with Gasteiger partial charge in [-0.25, -0.2) is 0 Å². The molecule has 1 heterocycles. The Morgan fingerprint density at radius 3 is 3.00 bits per heavy atom. The lowest BCUT2D eigenvalue weighted by molar-refractivity contribution is -0.137. The molecule has 1 rings (SSSR count). The van der Waals surface area contributed by atoms with Crippen LogP contribution in [0.25, 0.3) is 0 Å². The second-order valence-corrected chi connectivity index (χ2v) is 3.72. The zero-order chi connectivity index (χ0) is 12.0. The Morgan fingerprint density at radius 2 is 2.44 bits per heavy atom. The number of amides is 1. The van der Waals surface area contributed by atoms with Crippen LogP contribution in [0.4, 0.5) is 0 Å². The Morgan fingerprint density at radius 1 is 1.69 bits per heavy atom. The Hall–Kier alpha value is -1.58. The number of hydrogen-bond donors (Lipinski definition) is 0. The highest BCUT2D eigenvalue weighted by atomic mass is 16.5.